The Labute approximate surface area is 118 Å². The van der Waals surface area contributed by atoms with Gasteiger partial charge in [-0.15, -0.1) is 12.6 Å². The number of nitrogens with one attached hydrogen (secondary N) is 1. The van der Waals surface area contributed by atoms with Crippen LogP contribution in [-0.2, 0) is 6.18 Å². The summed E-state index contributed by atoms with van der Waals surface area (Å²) in [5.41, 5.74) is -0.435. The first-order valence-corrected chi connectivity index (χ1v) is 5.94. The summed E-state index contributed by atoms with van der Waals surface area (Å²) in [5, 5.41) is 2.46. The molecule has 0 atom stereocenters. The summed E-state index contributed by atoms with van der Waals surface area (Å²) in [6, 6.07) is 8.38. The number of hydrogen-bond donors (Lipinski definition) is 2. The van der Waals surface area contributed by atoms with Crippen LogP contribution in [0, 0.1) is 0 Å². The second-order valence-electron chi connectivity index (χ2n) is 3.93. The lowest BCUT2D eigenvalue weighted by molar-refractivity contribution is -0.141. The van der Waals surface area contributed by atoms with Crippen LogP contribution in [0.4, 0.5) is 18.9 Å². The van der Waals surface area contributed by atoms with Crippen molar-refractivity contribution in [3.8, 4) is 0 Å². The van der Waals surface area contributed by atoms with E-state index in [1.807, 2.05) is 0 Å². The fraction of sp³-hybridized carbons (Fsp3) is 0.0769. The predicted octanol–water partition coefficient (Wildman–Crippen LogP) is 3.64. The zero-order valence-corrected chi connectivity index (χ0v) is 10.9. The molecule has 20 heavy (non-hydrogen) atoms. The van der Waals surface area contributed by atoms with Gasteiger partial charge in [0, 0.05) is 10.5 Å². The number of aromatic nitrogens is 1. The average molecular weight is 298 g/mol. The van der Waals surface area contributed by atoms with E-state index in [9.17, 15) is 18.0 Å². The summed E-state index contributed by atoms with van der Waals surface area (Å²) in [4.78, 5) is 15.8. The molecule has 0 aliphatic rings. The molecule has 2 aromatic rings. The first-order valence-electron chi connectivity index (χ1n) is 5.50. The Balaban J connectivity index is 2.10. The highest BCUT2D eigenvalue weighted by Gasteiger charge is 2.32. The molecular formula is C13H9F3N2OS. The molecular weight excluding hydrogens is 289 g/mol. The molecule has 2 rings (SSSR count). The lowest BCUT2D eigenvalue weighted by Gasteiger charge is -2.08. The van der Waals surface area contributed by atoms with Crippen LogP contribution in [0.3, 0.4) is 0 Å². The first-order chi connectivity index (χ1) is 9.36. The molecule has 1 amide bonds. The number of hydrogen-bond acceptors (Lipinski definition) is 3. The van der Waals surface area contributed by atoms with Crippen LogP contribution >= 0.6 is 12.6 Å². The third-order valence-corrected chi connectivity index (χ3v) is 2.74. The van der Waals surface area contributed by atoms with Gasteiger partial charge >= 0.3 is 6.18 Å². The molecule has 104 valence electrons. The van der Waals surface area contributed by atoms with Gasteiger partial charge in [0.05, 0.1) is 11.9 Å². The molecule has 0 aliphatic heterocycles. The van der Waals surface area contributed by atoms with E-state index in [1.165, 1.54) is 0 Å². The van der Waals surface area contributed by atoms with E-state index in [-0.39, 0.29) is 5.69 Å². The van der Waals surface area contributed by atoms with Gasteiger partial charge in [0.2, 0.25) is 0 Å². The maximum absolute atomic E-state index is 12.3. The van der Waals surface area contributed by atoms with Crippen molar-refractivity contribution < 1.29 is 18.0 Å². The van der Waals surface area contributed by atoms with Gasteiger partial charge in [0.15, 0.2) is 0 Å². The Kier molecular flexibility index (Phi) is 3.99. The molecule has 1 heterocycles. The molecule has 0 unspecified atom stereocenters. The number of nitrogens with zero attached hydrogens (tertiary/aromatic N) is 1. The summed E-state index contributed by atoms with van der Waals surface area (Å²) in [5.74, 6) is -0.431. The third kappa shape index (κ3) is 3.51. The monoisotopic (exact) mass is 298 g/mol. The Morgan fingerprint density at radius 2 is 1.75 bits per heavy atom. The minimum absolute atomic E-state index is 0.193. The van der Waals surface area contributed by atoms with Gasteiger partial charge in [-0.2, -0.15) is 13.2 Å². The van der Waals surface area contributed by atoms with Crippen molar-refractivity contribution in [2.24, 2.45) is 0 Å². The Morgan fingerprint density at radius 1 is 1.10 bits per heavy atom. The van der Waals surface area contributed by atoms with Crippen LogP contribution in [0.5, 0.6) is 0 Å². The van der Waals surface area contributed by atoms with Gasteiger partial charge < -0.3 is 5.32 Å². The van der Waals surface area contributed by atoms with Crippen LogP contribution in [-0.4, -0.2) is 10.9 Å². The number of carbonyl (C=O) groups excluding carboxylic acids is 1. The second-order valence-corrected chi connectivity index (χ2v) is 4.45. The highest BCUT2D eigenvalue weighted by atomic mass is 32.1. The van der Waals surface area contributed by atoms with Gasteiger partial charge in [-0.25, -0.2) is 4.98 Å². The summed E-state index contributed by atoms with van der Waals surface area (Å²) in [7, 11) is 0. The molecule has 0 saturated heterocycles. The molecule has 3 nitrogen and oxygen atoms in total. The topological polar surface area (TPSA) is 42.0 Å². The third-order valence-electron chi connectivity index (χ3n) is 2.44. The van der Waals surface area contributed by atoms with Crippen molar-refractivity contribution in [3.05, 3.63) is 53.9 Å². The Morgan fingerprint density at radius 3 is 2.25 bits per heavy atom. The van der Waals surface area contributed by atoms with E-state index in [1.54, 1.807) is 24.3 Å². The summed E-state index contributed by atoms with van der Waals surface area (Å²) >= 11 is 4.09. The number of alkyl halides is 3. The quantitative estimate of drug-likeness (QED) is 0.831. The number of benzene rings is 1. The zero-order valence-electron chi connectivity index (χ0n) is 9.98. The van der Waals surface area contributed by atoms with E-state index in [2.05, 4.69) is 22.9 Å². The highest BCUT2D eigenvalue weighted by Crippen LogP contribution is 2.27. The van der Waals surface area contributed by atoms with Crippen molar-refractivity contribution in [1.29, 1.82) is 0 Å². The van der Waals surface area contributed by atoms with Gasteiger partial charge in [-0.1, -0.05) is 0 Å². The van der Waals surface area contributed by atoms with Crippen molar-refractivity contribution in [2.45, 2.75) is 11.1 Å². The zero-order chi connectivity index (χ0) is 14.8. The molecule has 1 N–H and O–H groups in total. The van der Waals surface area contributed by atoms with Crippen molar-refractivity contribution >= 4 is 24.2 Å². The summed E-state index contributed by atoms with van der Waals surface area (Å²) in [6.45, 7) is 0. The molecule has 0 aliphatic carbocycles. The molecule has 0 radical (unpaired) electrons. The van der Waals surface area contributed by atoms with Gasteiger partial charge in [0.25, 0.3) is 5.91 Å². The minimum atomic E-state index is -4.50. The number of halogens is 3. The standard InChI is InChI=1S/C13H9F3N2OS/c14-13(15,16)11-6-3-9(7-17-11)18-12(19)8-1-4-10(20)5-2-8/h1-7,20H,(H,18,19). The molecule has 1 aromatic carbocycles. The minimum Gasteiger partial charge on any atom is -0.321 e. The van der Waals surface area contributed by atoms with Crippen LogP contribution in [0.15, 0.2) is 47.5 Å². The van der Waals surface area contributed by atoms with E-state index in [4.69, 9.17) is 0 Å². The molecule has 0 bridgehead atoms. The van der Waals surface area contributed by atoms with Crippen molar-refractivity contribution in [3.63, 3.8) is 0 Å². The van der Waals surface area contributed by atoms with Crippen LogP contribution < -0.4 is 5.32 Å². The highest BCUT2D eigenvalue weighted by molar-refractivity contribution is 7.80. The van der Waals surface area contributed by atoms with Crippen LogP contribution in [0.1, 0.15) is 16.1 Å². The maximum Gasteiger partial charge on any atom is 0.433 e. The van der Waals surface area contributed by atoms with Crippen molar-refractivity contribution in [2.75, 3.05) is 5.32 Å². The maximum atomic E-state index is 12.3. The molecule has 0 saturated carbocycles. The lowest BCUT2D eigenvalue weighted by Crippen LogP contribution is -2.13. The van der Waals surface area contributed by atoms with E-state index in [0.29, 0.717) is 10.5 Å². The molecule has 7 heteroatoms. The van der Waals surface area contributed by atoms with E-state index < -0.39 is 17.8 Å². The molecule has 0 fully saturated rings. The number of rotatable bonds is 2. The molecule has 0 spiro atoms. The Hall–Kier alpha value is -2.02. The lowest BCUT2D eigenvalue weighted by atomic mass is 10.2. The number of pyridine rings is 1. The first kappa shape index (κ1) is 14.4. The number of amides is 1. The van der Waals surface area contributed by atoms with Crippen LogP contribution in [0.25, 0.3) is 0 Å². The van der Waals surface area contributed by atoms with Crippen molar-refractivity contribution in [1.82, 2.24) is 4.98 Å². The fourth-order valence-electron chi connectivity index (χ4n) is 1.45. The van der Waals surface area contributed by atoms with E-state index >= 15 is 0 Å². The number of thiol groups is 1. The van der Waals surface area contributed by atoms with Gasteiger partial charge in [-0.05, 0) is 36.4 Å². The van der Waals surface area contributed by atoms with Gasteiger partial charge in [0.1, 0.15) is 5.69 Å². The van der Waals surface area contributed by atoms with E-state index in [0.717, 1.165) is 18.3 Å². The number of anilines is 1. The summed E-state index contributed by atoms with van der Waals surface area (Å²) in [6.07, 6.45) is -3.53. The smallest absolute Gasteiger partial charge is 0.321 e. The normalized spacial score (nSPS) is 11.2. The Bertz CT molecular complexity index is 609. The second kappa shape index (κ2) is 5.54. The van der Waals surface area contributed by atoms with Crippen LogP contribution in [0.2, 0.25) is 0 Å². The fourth-order valence-corrected chi connectivity index (χ4v) is 1.60. The predicted molar refractivity (Wildman–Crippen MR) is 70.9 cm³/mol. The molecule has 1 aromatic heterocycles. The SMILES string of the molecule is O=C(Nc1ccc(C(F)(F)F)nc1)c1ccc(S)cc1. The summed E-state index contributed by atoms with van der Waals surface area (Å²) < 4.78 is 37.0. The van der Waals surface area contributed by atoms with Gasteiger partial charge in [-0.3, -0.25) is 4.79 Å². The average Bonchev–Trinajstić information content (AvgIpc) is 2.39. The largest absolute Gasteiger partial charge is 0.433 e. The number of carbonyl (C=O) groups is 1.